The molecule has 2 rings (SSSR count). The van der Waals surface area contributed by atoms with E-state index in [4.69, 9.17) is 5.84 Å². The molecule has 7 nitrogen and oxygen atoms in total. The highest BCUT2D eigenvalue weighted by Crippen LogP contribution is 2.12. The van der Waals surface area contributed by atoms with Gasteiger partial charge in [-0.3, -0.25) is 0 Å². The Morgan fingerprint density at radius 3 is 2.94 bits per heavy atom. The maximum atomic E-state index is 9.45. The average Bonchev–Trinajstić information content (AvgIpc) is 2.67. The maximum Gasteiger partial charge on any atom is 0.263 e. The van der Waals surface area contributed by atoms with Gasteiger partial charge in [0.25, 0.3) is 5.95 Å². The number of aromatic hydroxyl groups is 1. The molecule has 0 fully saturated rings. The van der Waals surface area contributed by atoms with Gasteiger partial charge in [0.05, 0.1) is 6.21 Å². The van der Waals surface area contributed by atoms with E-state index in [0.29, 0.717) is 11.5 Å². The number of hydrogen-bond donors (Lipinski definition) is 3. The lowest BCUT2D eigenvalue weighted by Crippen LogP contribution is -2.10. The largest absolute Gasteiger partial charge is 0.507 e. The Morgan fingerprint density at radius 2 is 2.25 bits per heavy atom. The third kappa shape index (κ3) is 2.08. The van der Waals surface area contributed by atoms with Gasteiger partial charge in [0, 0.05) is 5.56 Å². The van der Waals surface area contributed by atoms with Crippen LogP contribution in [-0.2, 0) is 0 Å². The number of nitrogens with zero attached hydrogens (tertiary/aromatic N) is 4. The minimum absolute atomic E-state index is 0.155. The molecule has 1 aromatic heterocycles. The van der Waals surface area contributed by atoms with Gasteiger partial charge in [-0.2, -0.15) is 5.10 Å². The number of aromatic nitrogens is 3. The second-order valence-corrected chi connectivity index (χ2v) is 2.99. The molecule has 1 heterocycles. The van der Waals surface area contributed by atoms with Crippen molar-refractivity contribution in [2.75, 3.05) is 11.3 Å². The molecule has 0 saturated heterocycles. The minimum atomic E-state index is 0.155. The first-order chi connectivity index (χ1) is 7.77. The normalized spacial score (nSPS) is 10.8. The summed E-state index contributed by atoms with van der Waals surface area (Å²) in [7, 11) is 0. The summed E-state index contributed by atoms with van der Waals surface area (Å²) in [4.78, 5) is 0. The molecule has 2 aromatic rings. The number of anilines is 1. The summed E-state index contributed by atoms with van der Waals surface area (Å²) in [6.07, 6.45) is 2.81. The summed E-state index contributed by atoms with van der Waals surface area (Å²) in [5, 5.41) is 20.5. The van der Waals surface area contributed by atoms with Crippen molar-refractivity contribution >= 4 is 12.2 Å². The van der Waals surface area contributed by atoms with E-state index in [-0.39, 0.29) is 5.75 Å². The number of para-hydroxylation sites is 1. The van der Waals surface area contributed by atoms with E-state index in [9.17, 15) is 5.11 Å². The minimum Gasteiger partial charge on any atom is -0.507 e. The van der Waals surface area contributed by atoms with E-state index in [2.05, 4.69) is 20.7 Å². The van der Waals surface area contributed by atoms with Gasteiger partial charge in [0.2, 0.25) is 0 Å². The fraction of sp³-hybridized carbons (Fsp3) is 0. The fourth-order valence-electron chi connectivity index (χ4n) is 1.08. The van der Waals surface area contributed by atoms with Crippen molar-refractivity contribution in [1.82, 2.24) is 14.9 Å². The summed E-state index contributed by atoms with van der Waals surface area (Å²) in [6, 6.07) is 6.84. The first-order valence-corrected chi connectivity index (χ1v) is 4.49. The number of benzene rings is 1. The van der Waals surface area contributed by atoms with Crippen LogP contribution in [0, 0.1) is 0 Å². The van der Waals surface area contributed by atoms with Gasteiger partial charge < -0.3 is 10.9 Å². The molecule has 0 aliphatic heterocycles. The lowest BCUT2D eigenvalue weighted by atomic mass is 10.2. The summed E-state index contributed by atoms with van der Waals surface area (Å²) in [5.41, 5.74) is 3.19. The van der Waals surface area contributed by atoms with E-state index in [1.165, 1.54) is 17.2 Å². The van der Waals surface area contributed by atoms with Crippen LogP contribution in [0.2, 0.25) is 0 Å². The van der Waals surface area contributed by atoms with Gasteiger partial charge in [0.15, 0.2) is 0 Å². The number of phenols is 1. The van der Waals surface area contributed by atoms with E-state index in [0.717, 1.165) is 0 Å². The van der Waals surface area contributed by atoms with E-state index in [1.54, 1.807) is 24.3 Å². The first kappa shape index (κ1) is 9.97. The zero-order valence-electron chi connectivity index (χ0n) is 8.28. The predicted octanol–water partition coefficient (Wildman–Crippen LogP) is 0.143. The summed E-state index contributed by atoms with van der Waals surface area (Å²) >= 11 is 0. The van der Waals surface area contributed by atoms with Crippen LogP contribution in [0.5, 0.6) is 5.75 Å². The molecule has 0 atom stereocenters. The van der Waals surface area contributed by atoms with Gasteiger partial charge >= 0.3 is 0 Å². The van der Waals surface area contributed by atoms with Crippen LogP contribution >= 0.6 is 0 Å². The van der Waals surface area contributed by atoms with Gasteiger partial charge in [-0.15, -0.1) is 10.2 Å². The molecule has 0 unspecified atom stereocenters. The van der Waals surface area contributed by atoms with Crippen LogP contribution in [0.25, 0.3) is 0 Å². The van der Waals surface area contributed by atoms with Crippen LogP contribution in [0.1, 0.15) is 5.56 Å². The second kappa shape index (κ2) is 4.30. The van der Waals surface area contributed by atoms with Gasteiger partial charge in [-0.05, 0) is 12.1 Å². The Hall–Kier alpha value is -2.57. The number of nitrogens with two attached hydrogens (primary N) is 1. The quantitative estimate of drug-likeness (QED) is 0.386. The highest BCUT2D eigenvalue weighted by molar-refractivity contribution is 5.83. The van der Waals surface area contributed by atoms with Crippen molar-refractivity contribution < 1.29 is 5.11 Å². The molecule has 0 saturated carbocycles. The molecule has 0 spiro atoms. The molecule has 16 heavy (non-hydrogen) atoms. The fourth-order valence-corrected chi connectivity index (χ4v) is 1.08. The van der Waals surface area contributed by atoms with Crippen LogP contribution in [0.15, 0.2) is 35.7 Å². The first-order valence-electron chi connectivity index (χ1n) is 4.49. The standard InChI is InChI=1S/C9H10N6O/c10-15-6-12-14-9(15)13-11-5-7-3-1-2-4-8(7)16/h1-6,16H,10H2,(H,13,14). The summed E-state index contributed by atoms with van der Waals surface area (Å²) < 4.78 is 1.20. The summed E-state index contributed by atoms with van der Waals surface area (Å²) in [5.74, 6) is 5.92. The molecule has 1 aromatic carbocycles. The highest BCUT2D eigenvalue weighted by atomic mass is 16.3. The van der Waals surface area contributed by atoms with Crippen LogP contribution in [0.4, 0.5) is 5.95 Å². The lowest BCUT2D eigenvalue weighted by Gasteiger charge is -1.98. The smallest absolute Gasteiger partial charge is 0.263 e. The number of phenolic OH excluding ortho intramolecular Hbond substituents is 1. The predicted molar refractivity (Wildman–Crippen MR) is 59.5 cm³/mol. The number of nitrogen functional groups attached to an aromatic ring is 1. The van der Waals surface area contributed by atoms with Crippen LogP contribution in [0.3, 0.4) is 0 Å². The lowest BCUT2D eigenvalue weighted by molar-refractivity contribution is 0.474. The Morgan fingerprint density at radius 1 is 1.44 bits per heavy atom. The number of hydrazone groups is 1. The average molecular weight is 218 g/mol. The van der Waals surface area contributed by atoms with Crippen molar-refractivity contribution in [3.63, 3.8) is 0 Å². The Kier molecular flexibility index (Phi) is 2.68. The van der Waals surface area contributed by atoms with Crippen molar-refractivity contribution in [3.8, 4) is 5.75 Å². The molecule has 0 amide bonds. The number of nitrogens with one attached hydrogen (secondary N) is 1. The monoisotopic (exact) mass is 218 g/mol. The van der Waals surface area contributed by atoms with Crippen LogP contribution < -0.4 is 11.3 Å². The van der Waals surface area contributed by atoms with Crippen molar-refractivity contribution in [2.24, 2.45) is 5.10 Å². The third-order valence-electron chi connectivity index (χ3n) is 1.88. The molecule has 82 valence electrons. The zero-order chi connectivity index (χ0) is 11.4. The second-order valence-electron chi connectivity index (χ2n) is 2.99. The van der Waals surface area contributed by atoms with Gasteiger partial charge in [-0.1, -0.05) is 12.1 Å². The molecular weight excluding hydrogens is 208 g/mol. The van der Waals surface area contributed by atoms with Gasteiger partial charge in [-0.25, -0.2) is 10.1 Å². The summed E-state index contributed by atoms with van der Waals surface area (Å²) in [6.45, 7) is 0. The van der Waals surface area contributed by atoms with Gasteiger partial charge in [0.1, 0.15) is 12.1 Å². The number of hydrogen-bond acceptors (Lipinski definition) is 6. The Bertz CT molecular complexity index is 506. The van der Waals surface area contributed by atoms with Crippen LogP contribution in [-0.4, -0.2) is 26.2 Å². The van der Waals surface area contributed by atoms with E-state index >= 15 is 0 Å². The molecule has 0 radical (unpaired) electrons. The van der Waals surface area contributed by atoms with Crippen molar-refractivity contribution in [3.05, 3.63) is 36.2 Å². The molecule has 0 bridgehead atoms. The third-order valence-corrected chi connectivity index (χ3v) is 1.88. The van der Waals surface area contributed by atoms with Crippen molar-refractivity contribution in [1.29, 1.82) is 0 Å². The topological polar surface area (TPSA) is 101 Å². The molecule has 7 heteroatoms. The zero-order valence-corrected chi connectivity index (χ0v) is 8.28. The van der Waals surface area contributed by atoms with E-state index in [1.807, 2.05) is 0 Å². The Balaban J connectivity index is 2.06. The molecule has 4 N–H and O–H groups in total. The van der Waals surface area contributed by atoms with E-state index < -0.39 is 0 Å². The number of rotatable bonds is 3. The molecular formula is C9H10N6O. The maximum absolute atomic E-state index is 9.45. The van der Waals surface area contributed by atoms with Crippen molar-refractivity contribution in [2.45, 2.75) is 0 Å². The Labute approximate surface area is 91.2 Å². The molecule has 0 aliphatic carbocycles. The highest BCUT2D eigenvalue weighted by Gasteiger charge is 1.98. The SMILES string of the molecule is Nn1cnnc1NN=Cc1ccccc1O. The molecule has 0 aliphatic rings.